The predicted octanol–water partition coefficient (Wildman–Crippen LogP) is 2.22. The summed E-state index contributed by atoms with van der Waals surface area (Å²) in [6, 6.07) is 2.25. The molecule has 0 saturated heterocycles. The summed E-state index contributed by atoms with van der Waals surface area (Å²) >= 11 is 2.99. The van der Waals surface area contributed by atoms with E-state index in [1.54, 1.807) is 11.8 Å². The van der Waals surface area contributed by atoms with Crippen molar-refractivity contribution in [1.29, 1.82) is 5.26 Å². The molecule has 0 saturated carbocycles. The van der Waals surface area contributed by atoms with Crippen LogP contribution < -0.4 is 5.32 Å². The van der Waals surface area contributed by atoms with Crippen LogP contribution in [0.4, 0.5) is 5.13 Å². The zero-order valence-corrected chi connectivity index (χ0v) is 15.7. The van der Waals surface area contributed by atoms with Crippen molar-refractivity contribution in [2.45, 2.75) is 31.2 Å². The number of carbonyl (C=O) groups excluding carboxylic acids is 1. The number of carbonyl (C=O) groups is 1. The van der Waals surface area contributed by atoms with Gasteiger partial charge in [0.2, 0.25) is 11.0 Å². The highest BCUT2D eigenvalue weighted by Crippen LogP contribution is 2.25. The fourth-order valence-corrected chi connectivity index (χ4v) is 4.46. The minimum Gasteiger partial charge on any atom is -0.299 e. The summed E-state index contributed by atoms with van der Waals surface area (Å²) < 4.78 is 0.857. The van der Waals surface area contributed by atoms with Crippen LogP contribution in [0.15, 0.2) is 10.5 Å². The van der Waals surface area contributed by atoms with Crippen molar-refractivity contribution in [2.24, 2.45) is 0 Å². The van der Waals surface area contributed by atoms with Crippen molar-refractivity contribution in [3.8, 4) is 6.07 Å². The molecule has 1 N–H and O–H groups in total. The Hall–Kier alpha value is -2.02. The topological polar surface area (TPSA) is 94.8 Å². The van der Waals surface area contributed by atoms with Gasteiger partial charge in [0.1, 0.15) is 6.07 Å². The second-order valence-electron chi connectivity index (χ2n) is 5.65. The van der Waals surface area contributed by atoms with Crippen molar-refractivity contribution >= 4 is 34.1 Å². The Morgan fingerprint density at radius 3 is 3.12 bits per heavy atom. The lowest BCUT2D eigenvalue weighted by molar-refractivity contribution is -0.117. The molecule has 25 heavy (non-hydrogen) atoms. The van der Waals surface area contributed by atoms with Crippen LogP contribution in [-0.2, 0) is 17.8 Å². The second-order valence-corrected chi connectivity index (χ2v) is 8.14. The Morgan fingerprint density at radius 1 is 1.52 bits per heavy atom. The fraction of sp³-hybridized carbons (Fsp3) is 0.438. The average Bonchev–Trinajstić information content (AvgIpc) is 3.02. The van der Waals surface area contributed by atoms with Gasteiger partial charge in [-0.1, -0.05) is 30.0 Å². The van der Waals surface area contributed by atoms with Gasteiger partial charge in [0.25, 0.3) is 0 Å². The van der Waals surface area contributed by atoms with Gasteiger partial charge in [0.05, 0.1) is 17.8 Å². The number of nitriles is 1. The lowest BCUT2D eigenvalue weighted by Crippen LogP contribution is -2.37. The standard InChI is InChI=1S/C16H18N6OS2/c1-3-24-16-21-20-15(25-16)19-14(23)9-22-5-4-12-11(8-22)7-18-10(2)13(12)6-17/h7H,3-5,8-9H2,1-2H3,(H,19,20,23). The zero-order chi connectivity index (χ0) is 17.8. The summed E-state index contributed by atoms with van der Waals surface area (Å²) in [5.41, 5.74) is 3.54. The molecule has 9 heteroatoms. The largest absolute Gasteiger partial charge is 0.299 e. The van der Waals surface area contributed by atoms with Gasteiger partial charge < -0.3 is 0 Å². The number of hydrogen-bond acceptors (Lipinski definition) is 8. The molecule has 0 aromatic carbocycles. The lowest BCUT2D eigenvalue weighted by Gasteiger charge is -2.28. The highest BCUT2D eigenvalue weighted by atomic mass is 32.2. The number of rotatable bonds is 5. The number of aromatic nitrogens is 3. The van der Waals surface area contributed by atoms with Crippen LogP contribution in [0.2, 0.25) is 0 Å². The smallest absolute Gasteiger partial charge is 0.240 e. The summed E-state index contributed by atoms with van der Waals surface area (Å²) in [4.78, 5) is 18.6. The number of nitrogens with one attached hydrogen (secondary N) is 1. The van der Waals surface area contributed by atoms with E-state index in [0.29, 0.717) is 17.2 Å². The molecule has 7 nitrogen and oxygen atoms in total. The molecule has 3 heterocycles. The SMILES string of the molecule is CCSc1nnc(NC(=O)CN2CCc3c(cnc(C)c3C#N)C2)s1. The number of nitrogens with zero attached hydrogens (tertiary/aromatic N) is 5. The van der Waals surface area contributed by atoms with Crippen molar-refractivity contribution in [3.63, 3.8) is 0 Å². The van der Waals surface area contributed by atoms with Gasteiger partial charge >= 0.3 is 0 Å². The molecular weight excluding hydrogens is 356 g/mol. The fourth-order valence-electron chi connectivity index (χ4n) is 2.80. The van der Waals surface area contributed by atoms with Crippen LogP contribution in [0.25, 0.3) is 0 Å². The van der Waals surface area contributed by atoms with E-state index in [-0.39, 0.29) is 12.5 Å². The third-order valence-corrected chi connectivity index (χ3v) is 5.79. The average molecular weight is 374 g/mol. The summed E-state index contributed by atoms with van der Waals surface area (Å²) in [6.07, 6.45) is 2.57. The zero-order valence-electron chi connectivity index (χ0n) is 14.1. The van der Waals surface area contributed by atoms with Crippen molar-refractivity contribution in [3.05, 3.63) is 28.6 Å². The molecular formula is C16H18N6OS2. The minimum atomic E-state index is -0.103. The van der Waals surface area contributed by atoms with E-state index in [0.717, 1.165) is 39.9 Å². The Balaban J connectivity index is 1.61. The maximum absolute atomic E-state index is 12.2. The monoisotopic (exact) mass is 374 g/mol. The molecule has 0 fully saturated rings. The number of pyridine rings is 1. The number of amides is 1. The van der Waals surface area contributed by atoms with Crippen LogP contribution in [-0.4, -0.2) is 44.8 Å². The first-order chi connectivity index (χ1) is 12.1. The van der Waals surface area contributed by atoms with Gasteiger partial charge in [-0.2, -0.15) is 5.26 Å². The molecule has 0 atom stereocenters. The first-order valence-electron chi connectivity index (χ1n) is 7.96. The Labute approximate surface area is 154 Å². The third-order valence-electron chi connectivity index (χ3n) is 3.94. The summed E-state index contributed by atoms with van der Waals surface area (Å²) in [5.74, 6) is 0.821. The van der Waals surface area contributed by atoms with E-state index in [1.807, 2.05) is 20.0 Å². The van der Waals surface area contributed by atoms with E-state index in [4.69, 9.17) is 0 Å². The molecule has 0 spiro atoms. The van der Waals surface area contributed by atoms with Crippen LogP contribution in [0.1, 0.15) is 29.3 Å². The van der Waals surface area contributed by atoms with E-state index < -0.39 is 0 Å². The highest BCUT2D eigenvalue weighted by Gasteiger charge is 2.22. The molecule has 1 aliphatic heterocycles. The van der Waals surface area contributed by atoms with Crippen molar-refractivity contribution in [2.75, 3.05) is 24.2 Å². The van der Waals surface area contributed by atoms with Crippen LogP contribution in [0.3, 0.4) is 0 Å². The van der Waals surface area contributed by atoms with E-state index in [1.165, 1.54) is 11.3 Å². The molecule has 1 aliphatic rings. The first kappa shape index (κ1) is 17.8. The highest BCUT2D eigenvalue weighted by molar-refractivity contribution is 8.01. The quantitative estimate of drug-likeness (QED) is 0.633. The maximum atomic E-state index is 12.2. The number of anilines is 1. The van der Waals surface area contributed by atoms with E-state index >= 15 is 0 Å². The summed E-state index contributed by atoms with van der Waals surface area (Å²) in [7, 11) is 0. The van der Waals surface area contributed by atoms with Crippen molar-refractivity contribution in [1.82, 2.24) is 20.1 Å². The predicted molar refractivity (Wildman–Crippen MR) is 97.6 cm³/mol. The van der Waals surface area contributed by atoms with Gasteiger partial charge in [-0.15, -0.1) is 10.2 Å². The van der Waals surface area contributed by atoms with Gasteiger partial charge in [-0.05, 0) is 30.2 Å². The Kier molecular flexibility index (Phi) is 5.63. The van der Waals surface area contributed by atoms with Gasteiger partial charge in [0.15, 0.2) is 4.34 Å². The van der Waals surface area contributed by atoms with E-state index in [2.05, 4.69) is 31.5 Å². The van der Waals surface area contributed by atoms with Crippen LogP contribution in [0, 0.1) is 18.3 Å². The number of fused-ring (bicyclic) bond motifs is 1. The Bertz CT molecular complexity index is 829. The molecule has 2 aromatic rings. The molecule has 3 rings (SSSR count). The molecule has 2 aromatic heterocycles. The minimum absolute atomic E-state index is 0.103. The van der Waals surface area contributed by atoms with E-state index in [9.17, 15) is 10.1 Å². The molecule has 0 bridgehead atoms. The molecule has 130 valence electrons. The molecule has 1 amide bonds. The first-order valence-corrected chi connectivity index (χ1v) is 9.77. The summed E-state index contributed by atoms with van der Waals surface area (Å²) in [6.45, 7) is 5.55. The van der Waals surface area contributed by atoms with Gasteiger partial charge in [-0.3, -0.25) is 20.0 Å². The normalized spacial score (nSPS) is 14.0. The van der Waals surface area contributed by atoms with Crippen molar-refractivity contribution < 1.29 is 4.79 Å². The second kappa shape index (κ2) is 7.91. The number of thioether (sulfide) groups is 1. The Morgan fingerprint density at radius 2 is 2.36 bits per heavy atom. The van der Waals surface area contributed by atoms with Crippen LogP contribution >= 0.6 is 23.1 Å². The third kappa shape index (κ3) is 4.15. The maximum Gasteiger partial charge on any atom is 0.240 e. The molecule has 0 aliphatic carbocycles. The lowest BCUT2D eigenvalue weighted by atomic mass is 9.96. The van der Waals surface area contributed by atoms with Gasteiger partial charge in [-0.25, -0.2) is 0 Å². The summed E-state index contributed by atoms with van der Waals surface area (Å²) in [5, 5.41) is 20.7. The molecule has 0 unspecified atom stereocenters. The molecule has 0 radical (unpaired) electrons. The number of aryl methyl sites for hydroxylation is 1. The van der Waals surface area contributed by atoms with Gasteiger partial charge in [0, 0.05) is 19.3 Å². The van der Waals surface area contributed by atoms with Crippen LogP contribution in [0.5, 0.6) is 0 Å². The number of hydrogen-bond donors (Lipinski definition) is 1.